The van der Waals surface area contributed by atoms with Crippen LogP contribution in [0.25, 0.3) is 0 Å². The molecule has 7 nitrogen and oxygen atoms in total. The highest BCUT2D eigenvalue weighted by Gasteiger charge is 2.22. The molecule has 0 bridgehead atoms. The number of rotatable bonds is 4. The van der Waals surface area contributed by atoms with Crippen molar-refractivity contribution in [3.05, 3.63) is 46.3 Å². The first-order valence-corrected chi connectivity index (χ1v) is 5.62. The van der Waals surface area contributed by atoms with Gasteiger partial charge < -0.3 is 10.6 Å². The molecule has 1 aromatic carbocycles. The van der Waals surface area contributed by atoms with Crippen LogP contribution in [-0.4, -0.2) is 21.9 Å². The zero-order chi connectivity index (χ0) is 13.8. The Labute approximate surface area is 109 Å². The quantitative estimate of drug-likeness (QED) is 0.647. The third-order valence-electron chi connectivity index (χ3n) is 2.56. The van der Waals surface area contributed by atoms with Crippen LogP contribution in [0.3, 0.4) is 0 Å². The summed E-state index contributed by atoms with van der Waals surface area (Å²) in [6.45, 7) is 1.97. The number of benzene rings is 1. The lowest BCUT2D eigenvalue weighted by atomic mass is 10.2. The summed E-state index contributed by atoms with van der Waals surface area (Å²) in [4.78, 5) is 18.3. The third kappa shape index (κ3) is 2.76. The van der Waals surface area contributed by atoms with Gasteiger partial charge in [-0.05, 0) is 19.1 Å². The minimum absolute atomic E-state index is 0.160. The van der Waals surface area contributed by atoms with Gasteiger partial charge in [0, 0.05) is 12.7 Å². The maximum atomic E-state index is 11.1. The Morgan fingerprint density at radius 1 is 1.16 bits per heavy atom. The van der Waals surface area contributed by atoms with Crippen molar-refractivity contribution >= 4 is 23.0 Å². The summed E-state index contributed by atoms with van der Waals surface area (Å²) in [6.07, 6.45) is 1.27. The molecule has 0 aliphatic carbocycles. The largest absolute Gasteiger partial charge is 0.367 e. The summed E-state index contributed by atoms with van der Waals surface area (Å²) in [5.41, 5.74) is 1.67. The molecule has 0 saturated carbocycles. The van der Waals surface area contributed by atoms with E-state index in [9.17, 15) is 10.1 Å². The molecule has 0 fully saturated rings. The van der Waals surface area contributed by atoms with Crippen molar-refractivity contribution in [1.82, 2.24) is 9.97 Å². The summed E-state index contributed by atoms with van der Waals surface area (Å²) in [7, 11) is 1.57. The number of hydrogen-bond acceptors (Lipinski definition) is 6. The second-order valence-electron chi connectivity index (χ2n) is 3.92. The van der Waals surface area contributed by atoms with Gasteiger partial charge in [0.2, 0.25) is 11.6 Å². The van der Waals surface area contributed by atoms with Gasteiger partial charge in [-0.15, -0.1) is 0 Å². The summed E-state index contributed by atoms with van der Waals surface area (Å²) in [6, 6.07) is 7.49. The fraction of sp³-hybridized carbons (Fsp3) is 0.167. The zero-order valence-corrected chi connectivity index (χ0v) is 10.5. The molecule has 2 aromatic rings. The van der Waals surface area contributed by atoms with Gasteiger partial charge in [0.05, 0.1) is 4.92 Å². The molecule has 7 heteroatoms. The summed E-state index contributed by atoms with van der Waals surface area (Å²) in [5.74, 6) is 0.336. The number of aromatic nitrogens is 2. The molecule has 0 aliphatic rings. The van der Waals surface area contributed by atoms with Crippen molar-refractivity contribution in [2.45, 2.75) is 6.92 Å². The highest BCUT2D eigenvalue weighted by Crippen LogP contribution is 2.30. The van der Waals surface area contributed by atoms with E-state index in [2.05, 4.69) is 20.6 Å². The van der Waals surface area contributed by atoms with Crippen molar-refractivity contribution in [2.24, 2.45) is 0 Å². The topological polar surface area (TPSA) is 93.0 Å². The van der Waals surface area contributed by atoms with Gasteiger partial charge in [0.15, 0.2) is 0 Å². The maximum absolute atomic E-state index is 11.1. The van der Waals surface area contributed by atoms with E-state index in [-0.39, 0.29) is 17.3 Å². The molecule has 98 valence electrons. The molecule has 0 radical (unpaired) electrons. The van der Waals surface area contributed by atoms with Crippen LogP contribution in [0.2, 0.25) is 0 Å². The smallest absolute Gasteiger partial charge is 0.353 e. The Balaban J connectivity index is 2.39. The van der Waals surface area contributed by atoms with E-state index in [1.807, 2.05) is 31.2 Å². The van der Waals surface area contributed by atoms with Gasteiger partial charge in [0.25, 0.3) is 0 Å². The number of aryl methyl sites for hydroxylation is 1. The lowest BCUT2D eigenvalue weighted by molar-refractivity contribution is -0.383. The van der Waals surface area contributed by atoms with Gasteiger partial charge in [-0.2, -0.15) is 0 Å². The molecule has 2 rings (SSSR count). The molecule has 0 amide bonds. The van der Waals surface area contributed by atoms with E-state index < -0.39 is 4.92 Å². The molecule has 0 aliphatic heterocycles. The Morgan fingerprint density at radius 2 is 1.79 bits per heavy atom. The van der Waals surface area contributed by atoms with Crippen LogP contribution in [0, 0.1) is 17.0 Å². The van der Waals surface area contributed by atoms with Crippen molar-refractivity contribution in [2.75, 3.05) is 17.7 Å². The lowest BCUT2D eigenvalue weighted by Crippen LogP contribution is -2.05. The van der Waals surface area contributed by atoms with Crippen molar-refractivity contribution in [3.8, 4) is 0 Å². The molecule has 0 spiro atoms. The SMILES string of the molecule is CNc1ncnc(Nc2ccc(C)cc2)c1[N+](=O)[O-]. The Kier molecular flexibility index (Phi) is 3.56. The second-order valence-corrected chi connectivity index (χ2v) is 3.92. The van der Waals surface area contributed by atoms with Crippen LogP contribution in [-0.2, 0) is 0 Å². The molecule has 1 aromatic heterocycles. The standard InChI is InChI=1S/C12H13N5O2/c1-8-3-5-9(6-4-8)16-12-10(17(18)19)11(13-2)14-7-15-12/h3-7H,1-2H3,(H2,13,14,15,16). The average Bonchev–Trinajstić information content (AvgIpc) is 2.40. The Hall–Kier alpha value is -2.70. The van der Waals surface area contributed by atoms with E-state index in [1.165, 1.54) is 6.33 Å². The molecule has 0 atom stereocenters. The Morgan fingerprint density at radius 3 is 2.37 bits per heavy atom. The third-order valence-corrected chi connectivity index (χ3v) is 2.56. The van der Waals surface area contributed by atoms with Crippen molar-refractivity contribution < 1.29 is 4.92 Å². The van der Waals surface area contributed by atoms with Gasteiger partial charge in [-0.1, -0.05) is 17.7 Å². The molecular formula is C12H13N5O2. The summed E-state index contributed by atoms with van der Waals surface area (Å²) in [5, 5.41) is 16.7. The van der Waals surface area contributed by atoms with Crippen LogP contribution in [0.15, 0.2) is 30.6 Å². The van der Waals surface area contributed by atoms with Crippen LogP contribution >= 0.6 is 0 Å². The van der Waals surface area contributed by atoms with E-state index >= 15 is 0 Å². The van der Waals surface area contributed by atoms with Gasteiger partial charge in [0.1, 0.15) is 6.33 Å². The zero-order valence-electron chi connectivity index (χ0n) is 10.5. The average molecular weight is 259 g/mol. The van der Waals surface area contributed by atoms with Gasteiger partial charge in [-0.25, -0.2) is 9.97 Å². The predicted molar refractivity (Wildman–Crippen MR) is 72.7 cm³/mol. The molecule has 0 unspecified atom stereocenters. The second kappa shape index (κ2) is 5.30. The molecular weight excluding hydrogens is 246 g/mol. The summed E-state index contributed by atoms with van der Waals surface area (Å²) < 4.78 is 0. The highest BCUT2D eigenvalue weighted by molar-refractivity contribution is 5.73. The van der Waals surface area contributed by atoms with Crippen molar-refractivity contribution in [1.29, 1.82) is 0 Å². The number of anilines is 3. The minimum atomic E-state index is -0.512. The highest BCUT2D eigenvalue weighted by atomic mass is 16.6. The van der Waals surface area contributed by atoms with Crippen molar-refractivity contribution in [3.63, 3.8) is 0 Å². The minimum Gasteiger partial charge on any atom is -0.367 e. The molecule has 19 heavy (non-hydrogen) atoms. The number of nitrogens with zero attached hydrogens (tertiary/aromatic N) is 3. The Bertz CT molecular complexity index is 598. The predicted octanol–water partition coefficient (Wildman–Crippen LogP) is 2.48. The first kappa shape index (κ1) is 12.7. The first-order valence-electron chi connectivity index (χ1n) is 5.62. The monoisotopic (exact) mass is 259 g/mol. The lowest BCUT2D eigenvalue weighted by Gasteiger charge is -2.08. The van der Waals surface area contributed by atoms with Crippen LogP contribution in [0.1, 0.15) is 5.56 Å². The van der Waals surface area contributed by atoms with E-state index in [1.54, 1.807) is 7.05 Å². The fourth-order valence-corrected chi connectivity index (χ4v) is 1.60. The molecule has 0 saturated heterocycles. The molecule has 1 heterocycles. The first-order chi connectivity index (χ1) is 9.11. The van der Waals surface area contributed by atoms with Crippen LogP contribution in [0.4, 0.5) is 23.0 Å². The van der Waals surface area contributed by atoms with Crippen LogP contribution in [0.5, 0.6) is 0 Å². The maximum Gasteiger partial charge on any atom is 0.353 e. The number of nitrogens with one attached hydrogen (secondary N) is 2. The van der Waals surface area contributed by atoms with E-state index in [0.29, 0.717) is 0 Å². The molecule has 2 N–H and O–H groups in total. The van der Waals surface area contributed by atoms with Gasteiger partial charge in [-0.3, -0.25) is 10.1 Å². The van der Waals surface area contributed by atoms with Gasteiger partial charge >= 0.3 is 5.69 Å². The summed E-state index contributed by atoms with van der Waals surface area (Å²) >= 11 is 0. The number of nitro groups is 1. The van der Waals surface area contributed by atoms with E-state index in [0.717, 1.165) is 11.3 Å². The van der Waals surface area contributed by atoms with Crippen LogP contribution < -0.4 is 10.6 Å². The number of hydrogen-bond donors (Lipinski definition) is 2. The van der Waals surface area contributed by atoms with E-state index in [4.69, 9.17) is 0 Å². The fourth-order valence-electron chi connectivity index (χ4n) is 1.60. The normalized spacial score (nSPS) is 10.0.